The van der Waals surface area contributed by atoms with E-state index in [9.17, 15) is 9.59 Å². The number of nitrogens with zero attached hydrogens (tertiary/aromatic N) is 8. The summed E-state index contributed by atoms with van der Waals surface area (Å²) >= 11 is 0. The van der Waals surface area contributed by atoms with Gasteiger partial charge in [-0.05, 0) is 82.1 Å². The molecule has 0 spiro atoms. The lowest BCUT2D eigenvalue weighted by atomic mass is 10.0. The van der Waals surface area contributed by atoms with E-state index in [-0.39, 0.29) is 18.6 Å². The van der Waals surface area contributed by atoms with Crippen LogP contribution in [-0.4, -0.2) is 56.8 Å². The molecule has 0 radical (unpaired) electrons. The van der Waals surface area contributed by atoms with Gasteiger partial charge in [-0.25, -0.2) is 19.7 Å². The molecular weight excluding hydrogens is 574 g/mol. The number of carbonyl (C=O) groups is 2. The molecule has 0 unspecified atom stereocenters. The van der Waals surface area contributed by atoms with Gasteiger partial charge in [-0.1, -0.05) is 6.07 Å². The van der Waals surface area contributed by atoms with Crippen molar-refractivity contribution in [1.82, 2.24) is 39.3 Å². The lowest BCUT2D eigenvalue weighted by Gasteiger charge is -2.19. The average molecular weight is 606 g/mol. The molecule has 0 aliphatic rings. The summed E-state index contributed by atoms with van der Waals surface area (Å²) in [4.78, 5) is 38.6. The van der Waals surface area contributed by atoms with Crippen LogP contribution in [0, 0.1) is 13.8 Å². The second-order valence-corrected chi connectivity index (χ2v) is 11.7. The van der Waals surface area contributed by atoms with E-state index in [4.69, 9.17) is 9.47 Å². The summed E-state index contributed by atoms with van der Waals surface area (Å²) in [6.07, 6.45) is 4.35. The zero-order valence-electron chi connectivity index (χ0n) is 25.5. The predicted octanol–water partition coefficient (Wildman–Crippen LogP) is 5.55. The van der Waals surface area contributed by atoms with E-state index in [2.05, 4.69) is 35.6 Å². The standard InChI is InChI=1S/C32H31N9O4/c1-19-10-22(7-9-27(19)44-29-15-28-38-36-18-40(28)17-35-29)37-30-25-13-21(6-8-26(25)33-16-34-30)12-24(42)14-23-11-20(2)41(39-23)31(43)45-32(3,4)5/h6-11,13,15-18H,12,14H2,1-5H3,(H,33,34,37). The van der Waals surface area contributed by atoms with E-state index in [0.29, 0.717) is 34.5 Å². The minimum absolute atomic E-state index is 0.0431. The van der Waals surface area contributed by atoms with E-state index in [1.165, 1.54) is 11.0 Å². The van der Waals surface area contributed by atoms with Gasteiger partial charge in [0.1, 0.15) is 41.9 Å². The van der Waals surface area contributed by atoms with Gasteiger partial charge in [0.15, 0.2) is 5.65 Å². The SMILES string of the molecule is Cc1cc(Nc2ncnc3ccc(CC(=O)Cc4cc(C)n(C(=O)OC(C)(C)C)n4)cc23)ccc1Oc1cc2nncn2cn1. The monoisotopic (exact) mass is 605 g/mol. The molecule has 0 aliphatic heterocycles. The minimum atomic E-state index is -0.650. The first-order valence-electron chi connectivity index (χ1n) is 14.3. The van der Waals surface area contributed by atoms with Crippen molar-refractivity contribution in [3.63, 3.8) is 0 Å². The van der Waals surface area contributed by atoms with Gasteiger partial charge >= 0.3 is 6.09 Å². The number of nitrogens with one attached hydrogen (secondary N) is 1. The molecule has 0 saturated carbocycles. The molecule has 0 fully saturated rings. The Morgan fingerprint density at radius 1 is 0.933 bits per heavy atom. The van der Waals surface area contributed by atoms with Gasteiger partial charge < -0.3 is 14.8 Å². The smallest absolute Gasteiger partial charge is 0.435 e. The number of aryl methyl sites for hydroxylation is 2. The highest BCUT2D eigenvalue weighted by Gasteiger charge is 2.21. The Bertz CT molecular complexity index is 2060. The quantitative estimate of drug-likeness (QED) is 0.232. The average Bonchev–Trinajstić information content (AvgIpc) is 3.59. The summed E-state index contributed by atoms with van der Waals surface area (Å²) in [7, 11) is 0. The molecule has 0 atom stereocenters. The molecule has 4 heterocycles. The maximum atomic E-state index is 13.0. The lowest BCUT2D eigenvalue weighted by molar-refractivity contribution is -0.117. The molecule has 6 rings (SSSR count). The number of benzene rings is 2. The van der Waals surface area contributed by atoms with Crippen LogP contribution in [0.2, 0.25) is 0 Å². The minimum Gasteiger partial charge on any atom is -0.442 e. The zero-order chi connectivity index (χ0) is 31.7. The first-order valence-corrected chi connectivity index (χ1v) is 14.3. The Labute approximate surface area is 258 Å². The third-order valence-corrected chi connectivity index (χ3v) is 6.80. The summed E-state index contributed by atoms with van der Waals surface area (Å²) in [6, 6.07) is 14.8. The molecule has 0 bridgehead atoms. The summed E-state index contributed by atoms with van der Waals surface area (Å²) < 4.78 is 14.3. The number of rotatable bonds is 8. The summed E-state index contributed by atoms with van der Waals surface area (Å²) in [5, 5.41) is 16.3. The summed E-state index contributed by atoms with van der Waals surface area (Å²) in [5.74, 6) is 1.62. The number of aromatic nitrogens is 8. The van der Waals surface area contributed by atoms with Crippen molar-refractivity contribution in [3.8, 4) is 11.6 Å². The van der Waals surface area contributed by atoms with E-state index in [1.54, 1.807) is 56.9 Å². The fourth-order valence-electron chi connectivity index (χ4n) is 4.78. The van der Waals surface area contributed by atoms with Crippen molar-refractivity contribution in [2.24, 2.45) is 0 Å². The molecule has 1 N–H and O–H groups in total. The van der Waals surface area contributed by atoms with Gasteiger partial charge in [-0.15, -0.1) is 10.2 Å². The van der Waals surface area contributed by atoms with Gasteiger partial charge in [0.25, 0.3) is 0 Å². The summed E-state index contributed by atoms with van der Waals surface area (Å²) in [6.45, 7) is 9.06. The van der Waals surface area contributed by atoms with Crippen LogP contribution in [0.5, 0.6) is 11.6 Å². The topological polar surface area (TPSA) is 151 Å². The molecule has 4 aromatic heterocycles. The third-order valence-electron chi connectivity index (χ3n) is 6.80. The Kier molecular flexibility index (Phi) is 7.67. The number of Topliss-reactive ketones (excluding diaryl/α,β-unsaturated/α-hetero) is 1. The highest BCUT2D eigenvalue weighted by molar-refractivity contribution is 5.92. The largest absolute Gasteiger partial charge is 0.442 e. The van der Waals surface area contributed by atoms with Crippen molar-refractivity contribution < 1.29 is 19.1 Å². The fraction of sp³-hybridized carbons (Fsp3) is 0.250. The van der Waals surface area contributed by atoms with Gasteiger partial charge in [0.2, 0.25) is 5.88 Å². The fourth-order valence-corrected chi connectivity index (χ4v) is 4.78. The summed E-state index contributed by atoms with van der Waals surface area (Å²) in [5.41, 5.74) is 4.33. The van der Waals surface area contributed by atoms with E-state index >= 15 is 0 Å². The highest BCUT2D eigenvalue weighted by Crippen LogP contribution is 2.30. The molecule has 13 nitrogen and oxygen atoms in total. The maximum Gasteiger partial charge on any atom is 0.435 e. The first-order chi connectivity index (χ1) is 21.5. The van der Waals surface area contributed by atoms with Gasteiger partial charge in [0, 0.05) is 29.3 Å². The second-order valence-electron chi connectivity index (χ2n) is 11.7. The van der Waals surface area contributed by atoms with Crippen LogP contribution in [0.15, 0.2) is 67.5 Å². The molecule has 228 valence electrons. The molecule has 2 aromatic carbocycles. The number of hydrogen-bond acceptors (Lipinski definition) is 11. The molecule has 0 amide bonds. The number of fused-ring (bicyclic) bond motifs is 2. The molecule has 6 aromatic rings. The van der Waals surface area contributed by atoms with Crippen molar-refractivity contribution >= 4 is 39.9 Å². The molecule has 0 saturated heterocycles. The number of anilines is 2. The van der Waals surface area contributed by atoms with Crippen LogP contribution >= 0.6 is 0 Å². The Balaban J connectivity index is 1.15. The maximum absolute atomic E-state index is 13.0. The number of carbonyl (C=O) groups excluding carboxylic acids is 2. The van der Waals surface area contributed by atoms with Crippen molar-refractivity contribution in [1.29, 1.82) is 0 Å². The number of ether oxygens (including phenoxy) is 2. The van der Waals surface area contributed by atoms with E-state index in [1.807, 2.05) is 43.3 Å². The van der Waals surface area contributed by atoms with Crippen molar-refractivity contribution in [2.45, 2.75) is 53.1 Å². The van der Waals surface area contributed by atoms with Gasteiger partial charge in [-0.3, -0.25) is 9.20 Å². The van der Waals surface area contributed by atoms with E-state index in [0.717, 1.165) is 27.7 Å². The zero-order valence-corrected chi connectivity index (χ0v) is 25.5. The lowest BCUT2D eigenvalue weighted by Crippen LogP contribution is -2.28. The van der Waals surface area contributed by atoms with Crippen LogP contribution in [0.1, 0.15) is 43.3 Å². The normalized spacial score (nSPS) is 11.6. The van der Waals surface area contributed by atoms with Crippen LogP contribution in [0.3, 0.4) is 0 Å². The van der Waals surface area contributed by atoms with Crippen LogP contribution < -0.4 is 10.1 Å². The first kappa shape index (κ1) is 29.4. The Morgan fingerprint density at radius 3 is 2.58 bits per heavy atom. The number of ketones is 1. The molecule has 0 aliphatic carbocycles. The van der Waals surface area contributed by atoms with Crippen molar-refractivity contribution in [3.05, 3.63) is 90.0 Å². The molecule has 13 heteroatoms. The second kappa shape index (κ2) is 11.8. The third kappa shape index (κ3) is 6.77. The van der Waals surface area contributed by atoms with Crippen molar-refractivity contribution in [2.75, 3.05) is 5.32 Å². The van der Waals surface area contributed by atoms with Crippen LogP contribution in [0.4, 0.5) is 16.3 Å². The van der Waals surface area contributed by atoms with Gasteiger partial charge in [0.05, 0.1) is 17.6 Å². The number of hydrogen-bond donors (Lipinski definition) is 1. The van der Waals surface area contributed by atoms with E-state index < -0.39 is 11.7 Å². The highest BCUT2D eigenvalue weighted by atomic mass is 16.6. The van der Waals surface area contributed by atoms with Crippen LogP contribution in [-0.2, 0) is 22.4 Å². The molecule has 45 heavy (non-hydrogen) atoms. The van der Waals surface area contributed by atoms with Gasteiger partial charge in [-0.2, -0.15) is 9.78 Å². The Hall–Kier alpha value is -5.72. The predicted molar refractivity (Wildman–Crippen MR) is 166 cm³/mol. The molecular formula is C32H31N9O4. The Morgan fingerprint density at radius 2 is 1.78 bits per heavy atom. The van der Waals surface area contributed by atoms with Crippen LogP contribution in [0.25, 0.3) is 16.6 Å².